The number of sulfonamides is 1. The van der Waals surface area contributed by atoms with E-state index in [2.05, 4.69) is 5.32 Å². The Morgan fingerprint density at radius 1 is 1.00 bits per heavy atom. The average molecular weight is 439 g/mol. The molecule has 29 heavy (non-hydrogen) atoms. The molecular weight excluding hydrogens is 416 g/mol. The molecule has 0 saturated carbocycles. The van der Waals surface area contributed by atoms with Crippen LogP contribution in [0.4, 0.5) is 5.69 Å². The van der Waals surface area contributed by atoms with E-state index in [1.165, 1.54) is 47.8 Å². The molecule has 2 aromatic carbocycles. The third-order valence-electron chi connectivity index (χ3n) is 4.72. The Bertz CT molecular complexity index is 1090. The second kappa shape index (κ2) is 8.13. The van der Waals surface area contributed by atoms with E-state index in [4.69, 9.17) is 4.74 Å². The molecule has 1 heterocycles. The highest BCUT2D eigenvalue weighted by molar-refractivity contribution is 7.90. The first-order chi connectivity index (χ1) is 13.6. The molecule has 10 heteroatoms. The van der Waals surface area contributed by atoms with E-state index in [9.17, 15) is 21.6 Å². The minimum atomic E-state index is -3.84. The maximum absolute atomic E-state index is 13.0. The van der Waals surface area contributed by atoms with Crippen molar-refractivity contribution in [3.05, 3.63) is 48.5 Å². The molecule has 0 spiro atoms. The molecule has 2 aromatic rings. The Kier molecular flexibility index (Phi) is 5.97. The lowest BCUT2D eigenvalue weighted by molar-refractivity contribution is -0.119. The summed E-state index contributed by atoms with van der Waals surface area (Å²) in [6.07, 6.45) is 2.07. The predicted molar refractivity (Wildman–Crippen MR) is 108 cm³/mol. The van der Waals surface area contributed by atoms with Gasteiger partial charge in [0.2, 0.25) is 15.9 Å². The van der Waals surface area contributed by atoms with Crippen molar-refractivity contribution in [3.63, 3.8) is 0 Å². The van der Waals surface area contributed by atoms with Crippen LogP contribution in [0.3, 0.4) is 0 Å². The van der Waals surface area contributed by atoms with Crippen LogP contribution in [0.2, 0.25) is 0 Å². The topological polar surface area (TPSA) is 110 Å². The number of rotatable bonds is 6. The van der Waals surface area contributed by atoms with Gasteiger partial charge in [-0.1, -0.05) is 0 Å². The Balaban J connectivity index is 1.78. The smallest absolute Gasteiger partial charge is 0.243 e. The molecule has 0 bridgehead atoms. The molecule has 156 valence electrons. The fourth-order valence-corrected chi connectivity index (χ4v) is 5.47. The molecule has 1 amide bonds. The number of carbonyl (C=O) groups excluding carboxylic acids is 1. The van der Waals surface area contributed by atoms with Gasteiger partial charge < -0.3 is 10.1 Å². The second-order valence-corrected chi connectivity index (χ2v) is 10.6. The van der Waals surface area contributed by atoms with Crippen LogP contribution >= 0.6 is 0 Å². The molecule has 3 rings (SSSR count). The highest BCUT2D eigenvalue weighted by Gasteiger charge is 2.39. The van der Waals surface area contributed by atoms with Crippen LogP contribution in [0.1, 0.15) is 12.8 Å². The Hall–Kier alpha value is -2.43. The number of nitrogens with zero attached hydrogens (tertiary/aromatic N) is 1. The van der Waals surface area contributed by atoms with Gasteiger partial charge in [-0.2, -0.15) is 4.31 Å². The zero-order valence-corrected chi connectivity index (χ0v) is 17.7. The Morgan fingerprint density at radius 2 is 1.59 bits per heavy atom. The quantitative estimate of drug-likeness (QED) is 0.738. The summed E-state index contributed by atoms with van der Waals surface area (Å²) in [6.45, 7) is 0.249. The van der Waals surface area contributed by atoms with Crippen LogP contribution in [0.25, 0.3) is 0 Å². The summed E-state index contributed by atoms with van der Waals surface area (Å²) in [7, 11) is -5.68. The SMILES string of the molecule is COc1ccc(S(=O)(=O)N2CCCC2C(=O)Nc2ccc(S(C)(=O)=O)cc2)cc1. The maximum atomic E-state index is 13.0. The lowest BCUT2D eigenvalue weighted by atomic mass is 10.2. The molecule has 8 nitrogen and oxygen atoms in total. The van der Waals surface area contributed by atoms with E-state index < -0.39 is 31.8 Å². The average Bonchev–Trinajstić information content (AvgIpc) is 3.19. The zero-order chi connectivity index (χ0) is 21.2. The molecule has 0 aliphatic carbocycles. The number of nitrogens with one attached hydrogen (secondary N) is 1. The van der Waals surface area contributed by atoms with E-state index in [0.29, 0.717) is 24.3 Å². The molecule has 1 N–H and O–H groups in total. The van der Waals surface area contributed by atoms with E-state index in [1.54, 1.807) is 12.1 Å². The van der Waals surface area contributed by atoms with Gasteiger partial charge in [-0.25, -0.2) is 16.8 Å². The first-order valence-electron chi connectivity index (χ1n) is 8.90. The van der Waals surface area contributed by atoms with Gasteiger partial charge in [-0.15, -0.1) is 0 Å². The molecule has 1 saturated heterocycles. The number of hydrogen-bond acceptors (Lipinski definition) is 6. The van der Waals surface area contributed by atoms with E-state index in [-0.39, 0.29) is 16.3 Å². The van der Waals surface area contributed by atoms with Crippen LogP contribution in [0, 0.1) is 0 Å². The first kappa shape index (κ1) is 21.3. The summed E-state index contributed by atoms with van der Waals surface area (Å²) in [4.78, 5) is 13.0. The standard InChI is InChI=1S/C19H22N2O6S2/c1-27-15-7-11-17(12-8-15)29(25,26)21-13-3-4-18(21)19(22)20-14-5-9-16(10-6-14)28(2,23)24/h5-12,18H,3-4,13H2,1-2H3,(H,20,22). The maximum Gasteiger partial charge on any atom is 0.243 e. The van der Waals surface area contributed by atoms with E-state index >= 15 is 0 Å². The summed E-state index contributed by atoms with van der Waals surface area (Å²) in [5.74, 6) is 0.0869. The number of ether oxygens (including phenoxy) is 1. The number of carbonyl (C=O) groups is 1. The van der Waals surface area contributed by atoms with Crippen LogP contribution in [0.15, 0.2) is 58.3 Å². The van der Waals surface area contributed by atoms with Gasteiger partial charge in [0, 0.05) is 18.5 Å². The number of benzene rings is 2. The third-order valence-corrected chi connectivity index (χ3v) is 7.77. The summed E-state index contributed by atoms with van der Waals surface area (Å²) in [5.41, 5.74) is 0.399. The summed E-state index contributed by atoms with van der Waals surface area (Å²) in [6, 6.07) is 10.9. The van der Waals surface area contributed by atoms with Crippen molar-refractivity contribution < 1.29 is 26.4 Å². The number of anilines is 1. The van der Waals surface area contributed by atoms with Crippen molar-refractivity contribution in [3.8, 4) is 5.75 Å². The summed E-state index contributed by atoms with van der Waals surface area (Å²) in [5, 5.41) is 2.67. The van der Waals surface area contributed by atoms with Gasteiger partial charge in [-0.3, -0.25) is 4.79 Å². The minimum Gasteiger partial charge on any atom is -0.497 e. The molecule has 0 aromatic heterocycles. The van der Waals surface area contributed by atoms with Gasteiger partial charge in [0.15, 0.2) is 9.84 Å². The van der Waals surface area contributed by atoms with E-state index in [0.717, 1.165) is 6.26 Å². The summed E-state index contributed by atoms with van der Waals surface area (Å²) < 4.78 is 55.3. The number of sulfone groups is 1. The van der Waals surface area contributed by atoms with Crippen molar-refractivity contribution in [1.82, 2.24) is 4.31 Å². The molecular formula is C19H22N2O6S2. The first-order valence-corrected chi connectivity index (χ1v) is 12.2. The van der Waals surface area contributed by atoms with Crippen LogP contribution in [0.5, 0.6) is 5.75 Å². The van der Waals surface area contributed by atoms with Crippen molar-refractivity contribution in [2.45, 2.75) is 28.7 Å². The van der Waals surface area contributed by atoms with Crippen LogP contribution in [-0.4, -0.2) is 53.0 Å². The van der Waals surface area contributed by atoms with Crippen molar-refractivity contribution >= 4 is 31.5 Å². The highest BCUT2D eigenvalue weighted by atomic mass is 32.2. The van der Waals surface area contributed by atoms with Gasteiger partial charge in [0.1, 0.15) is 11.8 Å². The lowest BCUT2D eigenvalue weighted by Crippen LogP contribution is -2.43. The highest BCUT2D eigenvalue weighted by Crippen LogP contribution is 2.28. The van der Waals surface area contributed by atoms with Gasteiger partial charge >= 0.3 is 0 Å². The minimum absolute atomic E-state index is 0.0931. The Morgan fingerprint density at radius 3 is 2.14 bits per heavy atom. The molecule has 1 atom stereocenters. The fourth-order valence-electron chi connectivity index (χ4n) is 3.18. The Labute approximate surface area is 170 Å². The fraction of sp³-hybridized carbons (Fsp3) is 0.316. The second-order valence-electron chi connectivity index (χ2n) is 6.74. The normalized spacial score (nSPS) is 17.8. The largest absolute Gasteiger partial charge is 0.497 e. The molecule has 1 aliphatic rings. The van der Waals surface area contributed by atoms with Crippen LogP contribution < -0.4 is 10.1 Å². The monoisotopic (exact) mass is 438 g/mol. The molecule has 1 aliphatic heterocycles. The third kappa shape index (κ3) is 4.60. The zero-order valence-electron chi connectivity index (χ0n) is 16.0. The summed E-state index contributed by atoms with van der Waals surface area (Å²) >= 11 is 0. The predicted octanol–water partition coefficient (Wildman–Crippen LogP) is 1.89. The number of hydrogen-bond donors (Lipinski definition) is 1. The van der Waals surface area contributed by atoms with Crippen molar-refractivity contribution in [1.29, 1.82) is 0 Å². The van der Waals surface area contributed by atoms with Crippen LogP contribution in [-0.2, 0) is 24.7 Å². The van der Waals surface area contributed by atoms with Gasteiger partial charge in [0.25, 0.3) is 0 Å². The molecule has 1 fully saturated rings. The van der Waals surface area contributed by atoms with Crippen molar-refractivity contribution in [2.24, 2.45) is 0 Å². The van der Waals surface area contributed by atoms with E-state index in [1.807, 2.05) is 0 Å². The van der Waals surface area contributed by atoms with Crippen molar-refractivity contribution in [2.75, 3.05) is 25.2 Å². The van der Waals surface area contributed by atoms with Gasteiger partial charge in [-0.05, 0) is 61.4 Å². The lowest BCUT2D eigenvalue weighted by Gasteiger charge is -2.23. The molecule has 0 radical (unpaired) electrons. The molecule has 1 unspecified atom stereocenters. The van der Waals surface area contributed by atoms with Gasteiger partial charge in [0.05, 0.1) is 16.9 Å². The number of amides is 1. The number of methoxy groups -OCH3 is 1.